The Labute approximate surface area is 199 Å². The number of anilines is 2. The van der Waals surface area contributed by atoms with Gasteiger partial charge >= 0.3 is 5.97 Å². The van der Waals surface area contributed by atoms with Gasteiger partial charge in [-0.1, -0.05) is 54.6 Å². The summed E-state index contributed by atoms with van der Waals surface area (Å²) in [5, 5.41) is 2.79. The highest BCUT2D eigenvalue weighted by Crippen LogP contribution is 2.22. The molecule has 0 bridgehead atoms. The van der Waals surface area contributed by atoms with Crippen molar-refractivity contribution in [2.75, 3.05) is 11.1 Å². The second kappa shape index (κ2) is 10.6. The molecule has 0 unspecified atom stereocenters. The number of benzene rings is 3. The van der Waals surface area contributed by atoms with E-state index in [1.807, 2.05) is 51.1 Å². The Hall–Kier alpha value is -4.19. The minimum atomic E-state index is -0.542. The lowest BCUT2D eigenvalue weighted by molar-refractivity contribution is -0.148. The van der Waals surface area contributed by atoms with Gasteiger partial charge in [0.05, 0.1) is 17.8 Å². The number of hydrogen-bond donors (Lipinski definition) is 2. The maximum absolute atomic E-state index is 12.6. The highest BCUT2D eigenvalue weighted by Gasteiger charge is 2.14. The van der Waals surface area contributed by atoms with Crippen LogP contribution in [0.4, 0.5) is 11.4 Å². The Balaban J connectivity index is 1.58. The Morgan fingerprint density at radius 1 is 0.912 bits per heavy atom. The maximum atomic E-state index is 12.6. The fourth-order valence-electron chi connectivity index (χ4n) is 3.20. The Kier molecular flexibility index (Phi) is 7.64. The molecule has 3 aromatic rings. The summed E-state index contributed by atoms with van der Waals surface area (Å²) >= 11 is 0. The van der Waals surface area contributed by atoms with Gasteiger partial charge in [-0.3, -0.25) is 9.59 Å². The topological polar surface area (TPSA) is 98.5 Å². The van der Waals surface area contributed by atoms with Crippen LogP contribution in [0.15, 0.2) is 78.9 Å². The molecule has 3 aromatic carbocycles. The first-order valence-electron chi connectivity index (χ1n) is 10.9. The number of ketones is 1. The van der Waals surface area contributed by atoms with Crippen LogP contribution in [0, 0.1) is 0 Å². The van der Waals surface area contributed by atoms with Gasteiger partial charge in [-0.25, -0.2) is 4.79 Å². The fourth-order valence-corrected chi connectivity index (χ4v) is 3.20. The summed E-state index contributed by atoms with van der Waals surface area (Å²) < 4.78 is 5.24. The normalized spacial score (nSPS) is 11.3. The minimum absolute atomic E-state index is 0.133. The number of rotatable bonds is 7. The first-order valence-corrected chi connectivity index (χ1v) is 10.9. The second-order valence-corrected chi connectivity index (χ2v) is 8.83. The molecular formula is C28H28N2O4. The van der Waals surface area contributed by atoms with E-state index in [1.165, 1.54) is 6.08 Å². The predicted octanol–water partition coefficient (Wildman–Crippen LogP) is 5.04. The highest BCUT2D eigenvalue weighted by molar-refractivity contribution is 6.10. The van der Waals surface area contributed by atoms with Crippen molar-refractivity contribution in [1.82, 2.24) is 0 Å². The second-order valence-electron chi connectivity index (χ2n) is 8.83. The zero-order chi connectivity index (χ0) is 24.7. The molecule has 0 atom stereocenters. The van der Waals surface area contributed by atoms with E-state index in [4.69, 9.17) is 10.5 Å². The van der Waals surface area contributed by atoms with Crippen molar-refractivity contribution >= 4 is 35.1 Å². The smallest absolute Gasteiger partial charge is 0.331 e. The SMILES string of the molecule is CC(C)(C)OC(=O)/C=C/c1ccc(CC(=O)Nc2ccc(C(=O)c3ccccc3)cc2N)cc1. The molecule has 1 amide bonds. The third-order valence-corrected chi connectivity index (χ3v) is 4.79. The summed E-state index contributed by atoms with van der Waals surface area (Å²) in [4.78, 5) is 36.9. The van der Waals surface area contributed by atoms with E-state index in [2.05, 4.69) is 5.32 Å². The van der Waals surface area contributed by atoms with Crippen molar-refractivity contribution in [1.29, 1.82) is 0 Å². The average molecular weight is 457 g/mol. The van der Waals surface area contributed by atoms with Gasteiger partial charge in [0, 0.05) is 17.2 Å². The molecule has 174 valence electrons. The van der Waals surface area contributed by atoms with Crippen LogP contribution < -0.4 is 11.1 Å². The van der Waals surface area contributed by atoms with E-state index in [0.717, 1.165) is 11.1 Å². The predicted molar refractivity (Wildman–Crippen MR) is 134 cm³/mol. The van der Waals surface area contributed by atoms with E-state index in [0.29, 0.717) is 22.5 Å². The zero-order valence-electron chi connectivity index (χ0n) is 19.5. The summed E-state index contributed by atoms with van der Waals surface area (Å²) in [5.74, 6) is -0.776. The summed E-state index contributed by atoms with van der Waals surface area (Å²) in [7, 11) is 0. The molecule has 0 saturated carbocycles. The molecule has 6 nitrogen and oxygen atoms in total. The molecule has 0 radical (unpaired) electrons. The Morgan fingerprint density at radius 3 is 2.21 bits per heavy atom. The van der Waals surface area contributed by atoms with Crippen molar-refractivity contribution in [3.63, 3.8) is 0 Å². The van der Waals surface area contributed by atoms with Crippen LogP contribution in [0.25, 0.3) is 6.08 Å². The monoisotopic (exact) mass is 456 g/mol. The number of ether oxygens (including phenoxy) is 1. The number of nitrogens with two attached hydrogens (primary N) is 1. The average Bonchev–Trinajstić information content (AvgIpc) is 2.79. The minimum Gasteiger partial charge on any atom is -0.457 e. The number of amides is 1. The molecule has 0 aliphatic carbocycles. The molecule has 0 aromatic heterocycles. The lowest BCUT2D eigenvalue weighted by Crippen LogP contribution is -2.22. The van der Waals surface area contributed by atoms with Gasteiger partial charge in [-0.15, -0.1) is 0 Å². The van der Waals surface area contributed by atoms with E-state index >= 15 is 0 Å². The van der Waals surface area contributed by atoms with Gasteiger partial charge in [0.15, 0.2) is 5.78 Å². The van der Waals surface area contributed by atoms with Crippen molar-refractivity contribution < 1.29 is 19.1 Å². The molecule has 6 heteroatoms. The van der Waals surface area contributed by atoms with Crippen molar-refractivity contribution in [3.05, 3.63) is 101 Å². The molecular weight excluding hydrogens is 428 g/mol. The number of nitrogens with one attached hydrogen (secondary N) is 1. The Morgan fingerprint density at radius 2 is 1.59 bits per heavy atom. The van der Waals surface area contributed by atoms with Gasteiger partial charge in [0.1, 0.15) is 5.60 Å². The third-order valence-electron chi connectivity index (χ3n) is 4.79. The molecule has 0 spiro atoms. The number of carbonyl (C=O) groups is 3. The Bertz CT molecular complexity index is 1210. The maximum Gasteiger partial charge on any atom is 0.331 e. The van der Waals surface area contributed by atoms with Crippen LogP contribution in [-0.4, -0.2) is 23.3 Å². The molecule has 0 fully saturated rings. The van der Waals surface area contributed by atoms with E-state index < -0.39 is 11.6 Å². The fraction of sp³-hybridized carbons (Fsp3) is 0.179. The van der Waals surface area contributed by atoms with Gasteiger partial charge in [-0.2, -0.15) is 0 Å². The summed E-state index contributed by atoms with van der Waals surface area (Å²) in [6.45, 7) is 5.43. The van der Waals surface area contributed by atoms with Crippen LogP contribution in [-0.2, 0) is 20.7 Å². The number of carbonyl (C=O) groups excluding carboxylic acids is 3. The molecule has 0 saturated heterocycles. The van der Waals surface area contributed by atoms with Gasteiger partial charge in [0.25, 0.3) is 0 Å². The number of nitrogen functional groups attached to an aromatic ring is 1. The standard InChI is InChI=1S/C28H28N2O4/c1-28(2,3)34-26(32)16-13-19-9-11-20(12-10-19)17-25(31)30-24-15-14-22(18-23(24)29)27(33)21-7-5-4-6-8-21/h4-16,18H,17,29H2,1-3H3,(H,30,31)/b16-13+. The molecule has 34 heavy (non-hydrogen) atoms. The van der Waals surface area contributed by atoms with Crippen LogP contribution in [0.3, 0.4) is 0 Å². The lowest BCUT2D eigenvalue weighted by atomic mass is 10.0. The van der Waals surface area contributed by atoms with Crippen LogP contribution in [0.2, 0.25) is 0 Å². The van der Waals surface area contributed by atoms with Crippen LogP contribution in [0.5, 0.6) is 0 Å². The lowest BCUT2D eigenvalue weighted by Gasteiger charge is -2.17. The third kappa shape index (κ3) is 7.17. The largest absolute Gasteiger partial charge is 0.457 e. The molecule has 3 N–H and O–H groups in total. The van der Waals surface area contributed by atoms with E-state index in [9.17, 15) is 14.4 Å². The number of hydrogen-bond acceptors (Lipinski definition) is 5. The van der Waals surface area contributed by atoms with Gasteiger partial charge in [-0.05, 0) is 56.2 Å². The van der Waals surface area contributed by atoms with Crippen molar-refractivity contribution in [2.45, 2.75) is 32.8 Å². The highest BCUT2D eigenvalue weighted by atomic mass is 16.6. The molecule has 3 rings (SSSR count). The number of esters is 1. The van der Waals surface area contributed by atoms with E-state index in [-0.39, 0.29) is 18.1 Å². The summed E-state index contributed by atoms with van der Waals surface area (Å²) in [6.07, 6.45) is 3.19. The first-order chi connectivity index (χ1) is 16.1. The van der Waals surface area contributed by atoms with Gasteiger partial charge < -0.3 is 15.8 Å². The van der Waals surface area contributed by atoms with Crippen molar-refractivity contribution in [3.8, 4) is 0 Å². The molecule has 0 aliphatic heterocycles. The van der Waals surface area contributed by atoms with E-state index in [1.54, 1.807) is 48.5 Å². The summed E-state index contributed by atoms with van der Waals surface area (Å²) in [6, 6.07) is 21.1. The van der Waals surface area contributed by atoms with Crippen molar-refractivity contribution in [2.24, 2.45) is 0 Å². The molecule has 0 aliphatic rings. The molecule has 0 heterocycles. The zero-order valence-corrected chi connectivity index (χ0v) is 19.5. The van der Waals surface area contributed by atoms with Crippen LogP contribution >= 0.6 is 0 Å². The quantitative estimate of drug-likeness (QED) is 0.225. The first kappa shape index (κ1) is 24.5. The summed E-state index contributed by atoms with van der Waals surface area (Å²) in [5.41, 5.74) is 8.96. The van der Waals surface area contributed by atoms with Crippen LogP contribution in [0.1, 0.15) is 47.8 Å². The van der Waals surface area contributed by atoms with Gasteiger partial charge in [0.2, 0.25) is 5.91 Å².